The quantitative estimate of drug-likeness (QED) is 0.603. The fraction of sp³-hybridized carbons (Fsp3) is 0.250. The van der Waals surface area contributed by atoms with Crippen molar-refractivity contribution in [3.63, 3.8) is 0 Å². The van der Waals surface area contributed by atoms with E-state index < -0.39 is 23.3 Å². The largest absolute Gasteiger partial charge is 0.466 e. The zero-order chi connectivity index (χ0) is 15.1. The van der Waals surface area contributed by atoms with Crippen LogP contribution in [0.1, 0.15) is 5.56 Å². The normalized spacial score (nSPS) is 15.1. The number of hydrogen-bond donors (Lipinski definition) is 2. The fourth-order valence-corrected chi connectivity index (χ4v) is 2.41. The highest BCUT2D eigenvalue weighted by Gasteiger charge is 2.62. The van der Waals surface area contributed by atoms with E-state index in [4.69, 9.17) is 0 Å². The summed E-state index contributed by atoms with van der Waals surface area (Å²) in [5, 5.41) is 10.1. The molecule has 1 aromatic carbocycles. The van der Waals surface area contributed by atoms with Gasteiger partial charge in [-0.05, 0) is 40.8 Å². The van der Waals surface area contributed by atoms with Gasteiger partial charge in [0.1, 0.15) is 0 Å². The summed E-state index contributed by atoms with van der Waals surface area (Å²) in [5.41, 5.74) is -3.90. The van der Waals surface area contributed by atoms with E-state index in [1.807, 2.05) is 22.6 Å². The SMILES string of the molecule is COC(=O)[C@](O)(c1c[nH]c2ccc(I)cc12)C(F)(F)F. The van der Waals surface area contributed by atoms with Crippen molar-refractivity contribution in [3.8, 4) is 0 Å². The van der Waals surface area contributed by atoms with Gasteiger partial charge in [-0.1, -0.05) is 0 Å². The first kappa shape index (κ1) is 15.1. The van der Waals surface area contributed by atoms with E-state index in [0.29, 0.717) is 9.09 Å². The molecule has 108 valence electrons. The van der Waals surface area contributed by atoms with Gasteiger partial charge in [-0.2, -0.15) is 13.2 Å². The van der Waals surface area contributed by atoms with Gasteiger partial charge in [0, 0.05) is 26.2 Å². The Hall–Kier alpha value is -1.29. The molecule has 1 aromatic heterocycles. The first-order valence-electron chi connectivity index (χ1n) is 5.36. The summed E-state index contributed by atoms with van der Waals surface area (Å²) in [5.74, 6) is -1.77. The highest BCUT2D eigenvalue weighted by molar-refractivity contribution is 14.1. The number of aromatic nitrogens is 1. The molecule has 0 bridgehead atoms. The third-order valence-electron chi connectivity index (χ3n) is 2.92. The number of carbonyl (C=O) groups excluding carboxylic acids is 1. The molecule has 1 atom stereocenters. The van der Waals surface area contributed by atoms with Gasteiger partial charge >= 0.3 is 12.1 Å². The molecule has 0 saturated heterocycles. The van der Waals surface area contributed by atoms with E-state index in [2.05, 4.69) is 9.72 Å². The van der Waals surface area contributed by atoms with Gasteiger partial charge in [-0.25, -0.2) is 4.79 Å². The van der Waals surface area contributed by atoms with Crippen LogP contribution in [0.4, 0.5) is 13.2 Å². The Bertz CT molecular complexity index is 668. The van der Waals surface area contributed by atoms with Crippen LogP contribution >= 0.6 is 22.6 Å². The van der Waals surface area contributed by atoms with Crippen LogP contribution in [0.3, 0.4) is 0 Å². The molecule has 0 aliphatic carbocycles. The number of nitrogens with one attached hydrogen (secondary N) is 1. The molecule has 0 unspecified atom stereocenters. The molecule has 0 amide bonds. The Morgan fingerprint density at radius 3 is 2.60 bits per heavy atom. The predicted molar refractivity (Wildman–Crippen MR) is 73.0 cm³/mol. The first-order valence-corrected chi connectivity index (χ1v) is 6.44. The lowest BCUT2D eigenvalue weighted by molar-refractivity contribution is -0.266. The highest BCUT2D eigenvalue weighted by Crippen LogP contribution is 2.42. The molecule has 0 aliphatic heterocycles. The number of fused-ring (bicyclic) bond motifs is 1. The maximum Gasteiger partial charge on any atom is 0.432 e. The lowest BCUT2D eigenvalue weighted by atomic mass is 9.93. The number of benzene rings is 1. The minimum atomic E-state index is -5.20. The predicted octanol–water partition coefficient (Wildman–Crippen LogP) is 2.70. The van der Waals surface area contributed by atoms with Crippen LogP contribution < -0.4 is 0 Å². The molecule has 2 N–H and O–H groups in total. The second-order valence-corrected chi connectivity index (χ2v) is 5.34. The second-order valence-electron chi connectivity index (χ2n) is 4.09. The number of aromatic amines is 1. The summed E-state index contributed by atoms with van der Waals surface area (Å²) in [6.07, 6.45) is -4.23. The number of carbonyl (C=O) groups is 1. The summed E-state index contributed by atoms with van der Waals surface area (Å²) in [6, 6.07) is 4.70. The van der Waals surface area contributed by atoms with E-state index in [9.17, 15) is 23.1 Å². The first-order chi connectivity index (χ1) is 9.21. The second kappa shape index (κ2) is 4.92. The molecule has 0 aliphatic rings. The average Bonchev–Trinajstić information content (AvgIpc) is 2.78. The molecular formula is C12H9F3INO3. The standard InChI is InChI=1S/C12H9F3INO3/c1-20-10(18)11(19,12(13,14)15)8-5-17-9-3-2-6(16)4-7(8)9/h2-5,17,19H,1H3/t11-/m1/s1. The van der Waals surface area contributed by atoms with E-state index in [-0.39, 0.29) is 5.39 Å². The van der Waals surface area contributed by atoms with Crippen molar-refractivity contribution in [2.24, 2.45) is 0 Å². The minimum Gasteiger partial charge on any atom is -0.466 e. The van der Waals surface area contributed by atoms with Gasteiger partial charge in [-0.15, -0.1) is 0 Å². The number of halogens is 4. The Morgan fingerprint density at radius 1 is 1.40 bits per heavy atom. The van der Waals surface area contributed by atoms with Crippen LogP contribution in [0.5, 0.6) is 0 Å². The third kappa shape index (κ3) is 2.16. The van der Waals surface area contributed by atoms with Gasteiger partial charge in [0.15, 0.2) is 0 Å². The van der Waals surface area contributed by atoms with Crippen molar-refractivity contribution in [2.75, 3.05) is 7.11 Å². The lowest BCUT2D eigenvalue weighted by Gasteiger charge is -2.27. The maximum atomic E-state index is 13.2. The van der Waals surface area contributed by atoms with E-state index in [1.54, 1.807) is 12.1 Å². The molecule has 20 heavy (non-hydrogen) atoms. The van der Waals surface area contributed by atoms with Gasteiger partial charge in [0.2, 0.25) is 0 Å². The zero-order valence-electron chi connectivity index (χ0n) is 10.1. The van der Waals surface area contributed by atoms with Crippen LogP contribution in [-0.4, -0.2) is 29.3 Å². The van der Waals surface area contributed by atoms with Crippen molar-refractivity contribution in [3.05, 3.63) is 33.5 Å². The molecule has 0 radical (unpaired) electrons. The topological polar surface area (TPSA) is 62.3 Å². The number of ether oxygens (including phenoxy) is 1. The van der Waals surface area contributed by atoms with E-state index >= 15 is 0 Å². The molecule has 0 spiro atoms. The summed E-state index contributed by atoms with van der Waals surface area (Å²) < 4.78 is 44.3. The summed E-state index contributed by atoms with van der Waals surface area (Å²) in [6.45, 7) is 0. The monoisotopic (exact) mass is 399 g/mol. The number of H-pyrrole nitrogens is 1. The number of esters is 1. The number of hydrogen-bond acceptors (Lipinski definition) is 3. The summed E-state index contributed by atoms with van der Waals surface area (Å²) in [7, 11) is 0.789. The third-order valence-corrected chi connectivity index (χ3v) is 3.60. The molecule has 1 heterocycles. The maximum absolute atomic E-state index is 13.2. The zero-order valence-corrected chi connectivity index (χ0v) is 12.2. The Morgan fingerprint density at radius 2 is 2.05 bits per heavy atom. The van der Waals surface area contributed by atoms with Crippen LogP contribution in [-0.2, 0) is 15.1 Å². The summed E-state index contributed by atoms with van der Waals surface area (Å²) in [4.78, 5) is 14.1. The molecule has 0 fully saturated rings. The smallest absolute Gasteiger partial charge is 0.432 e. The van der Waals surface area contributed by atoms with Crippen molar-refractivity contribution in [1.29, 1.82) is 0 Å². The van der Waals surface area contributed by atoms with Gasteiger partial charge in [0.05, 0.1) is 7.11 Å². The van der Waals surface area contributed by atoms with Crippen LogP contribution in [0.15, 0.2) is 24.4 Å². The van der Waals surface area contributed by atoms with Gasteiger partial charge in [0.25, 0.3) is 5.60 Å². The molecule has 4 nitrogen and oxygen atoms in total. The minimum absolute atomic E-state index is 0.113. The van der Waals surface area contributed by atoms with Crippen LogP contribution in [0.2, 0.25) is 0 Å². The highest BCUT2D eigenvalue weighted by atomic mass is 127. The van der Waals surface area contributed by atoms with E-state index in [0.717, 1.165) is 13.3 Å². The lowest BCUT2D eigenvalue weighted by Crippen LogP contribution is -2.49. The number of methoxy groups -OCH3 is 1. The number of alkyl halides is 3. The van der Waals surface area contributed by atoms with E-state index in [1.165, 1.54) is 6.07 Å². The van der Waals surface area contributed by atoms with Crippen molar-refractivity contribution < 1.29 is 27.8 Å². The molecule has 2 aromatic rings. The molecular weight excluding hydrogens is 390 g/mol. The van der Waals surface area contributed by atoms with Crippen LogP contribution in [0, 0.1) is 3.57 Å². The summed E-state index contributed by atoms with van der Waals surface area (Å²) >= 11 is 1.92. The Labute approximate surface area is 125 Å². The fourth-order valence-electron chi connectivity index (χ4n) is 1.92. The van der Waals surface area contributed by atoms with Crippen molar-refractivity contribution in [1.82, 2.24) is 4.98 Å². The molecule has 8 heteroatoms. The number of rotatable bonds is 2. The average molecular weight is 399 g/mol. The molecule has 0 saturated carbocycles. The number of aliphatic hydroxyl groups is 1. The molecule has 2 rings (SSSR count). The van der Waals surface area contributed by atoms with Crippen molar-refractivity contribution >= 4 is 39.5 Å². The van der Waals surface area contributed by atoms with Crippen LogP contribution in [0.25, 0.3) is 10.9 Å². The Kier molecular flexibility index (Phi) is 3.71. The van der Waals surface area contributed by atoms with Gasteiger partial charge in [-0.3, -0.25) is 0 Å². The Balaban J connectivity index is 2.76. The van der Waals surface area contributed by atoms with Gasteiger partial charge < -0.3 is 14.8 Å². The van der Waals surface area contributed by atoms with Crippen molar-refractivity contribution in [2.45, 2.75) is 11.8 Å².